The maximum atomic E-state index is 11.6. The minimum Gasteiger partial charge on any atom is -0.472 e. The van der Waals surface area contributed by atoms with Crippen LogP contribution in [0.2, 0.25) is 0 Å². The van der Waals surface area contributed by atoms with E-state index in [1.807, 2.05) is 6.07 Å². The number of hydrogen-bond acceptors (Lipinski definition) is 5. The van der Waals surface area contributed by atoms with Crippen molar-refractivity contribution in [2.24, 2.45) is 0 Å². The minimum atomic E-state index is -0.110. The summed E-state index contributed by atoms with van der Waals surface area (Å²) in [6, 6.07) is 1.81. The standard InChI is InChI=1S/C10H10N2O2S2/c13-9(11-2-4-15)8-5-12-10(16-8)7-1-3-14-6-7/h1,3,5-6,15H,2,4H2,(H,11,13). The van der Waals surface area contributed by atoms with Gasteiger partial charge in [0.25, 0.3) is 5.91 Å². The average Bonchev–Trinajstić information content (AvgIpc) is 2.94. The van der Waals surface area contributed by atoms with E-state index in [2.05, 4.69) is 22.9 Å². The summed E-state index contributed by atoms with van der Waals surface area (Å²) in [6.07, 6.45) is 4.76. The number of amides is 1. The Hall–Kier alpha value is -1.27. The van der Waals surface area contributed by atoms with Gasteiger partial charge in [0.15, 0.2) is 0 Å². The minimum absolute atomic E-state index is 0.110. The van der Waals surface area contributed by atoms with Crippen molar-refractivity contribution in [3.63, 3.8) is 0 Å². The van der Waals surface area contributed by atoms with Crippen LogP contribution in [-0.2, 0) is 0 Å². The zero-order chi connectivity index (χ0) is 11.4. The molecule has 0 saturated carbocycles. The summed E-state index contributed by atoms with van der Waals surface area (Å²) in [5, 5.41) is 3.52. The predicted octanol–water partition coefficient (Wildman–Crippen LogP) is 2.06. The fraction of sp³-hybridized carbons (Fsp3) is 0.200. The fourth-order valence-electron chi connectivity index (χ4n) is 1.16. The van der Waals surface area contributed by atoms with E-state index in [9.17, 15) is 4.79 Å². The first-order valence-corrected chi connectivity index (χ1v) is 6.13. The molecule has 0 radical (unpaired) electrons. The van der Waals surface area contributed by atoms with E-state index in [0.29, 0.717) is 17.2 Å². The second-order valence-electron chi connectivity index (χ2n) is 3.02. The third-order valence-corrected chi connectivity index (χ3v) is 3.16. The third kappa shape index (κ3) is 2.45. The Morgan fingerprint density at radius 1 is 1.62 bits per heavy atom. The molecular weight excluding hydrogens is 244 g/mol. The fourth-order valence-corrected chi connectivity index (χ4v) is 2.09. The Morgan fingerprint density at radius 3 is 3.19 bits per heavy atom. The molecule has 4 nitrogen and oxygen atoms in total. The molecule has 2 heterocycles. The van der Waals surface area contributed by atoms with Crippen LogP contribution in [0, 0.1) is 0 Å². The van der Waals surface area contributed by atoms with Crippen molar-refractivity contribution in [2.45, 2.75) is 0 Å². The van der Waals surface area contributed by atoms with Gasteiger partial charge in [-0.15, -0.1) is 11.3 Å². The summed E-state index contributed by atoms with van der Waals surface area (Å²) in [4.78, 5) is 16.4. The first-order chi connectivity index (χ1) is 7.81. The Bertz CT molecular complexity index is 465. The molecule has 2 aromatic rings. The van der Waals surface area contributed by atoms with E-state index in [0.717, 1.165) is 10.6 Å². The molecule has 1 N–H and O–H groups in total. The lowest BCUT2D eigenvalue weighted by molar-refractivity contribution is 0.0960. The van der Waals surface area contributed by atoms with Gasteiger partial charge < -0.3 is 9.73 Å². The Labute approximate surface area is 102 Å². The third-order valence-electron chi connectivity index (χ3n) is 1.89. The van der Waals surface area contributed by atoms with Gasteiger partial charge in [-0.3, -0.25) is 4.79 Å². The van der Waals surface area contributed by atoms with Gasteiger partial charge in [-0.1, -0.05) is 0 Å². The highest BCUT2D eigenvalue weighted by Crippen LogP contribution is 2.25. The molecule has 0 aromatic carbocycles. The number of furan rings is 1. The quantitative estimate of drug-likeness (QED) is 0.821. The van der Waals surface area contributed by atoms with E-state index in [-0.39, 0.29) is 5.91 Å². The molecule has 2 rings (SSSR count). The van der Waals surface area contributed by atoms with Crippen molar-refractivity contribution in [1.29, 1.82) is 0 Å². The van der Waals surface area contributed by atoms with Crippen molar-refractivity contribution in [3.8, 4) is 10.6 Å². The zero-order valence-electron chi connectivity index (χ0n) is 8.34. The molecule has 1 amide bonds. The van der Waals surface area contributed by atoms with Gasteiger partial charge in [0.1, 0.15) is 16.1 Å². The SMILES string of the molecule is O=C(NCCS)c1cnc(-c2ccoc2)s1. The Kier molecular flexibility index (Phi) is 3.63. The van der Waals surface area contributed by atoms with Gasteiger partial charge in [0, 0.05) is 17.9 Å². The number of rotatable bonds is 4. The maximum Gasteiger partial charge on any atom is 0.263 e. The van der Waals surface area contributed by atoms with Gasteiger partial charge in [0.2, 0.25) is 0 Å². The lowest BCUT2D eigenvalue weighted by atomic mass is 10.4. The molecule has 16 heavy (non-hydrogen) atoms. The van der Waals surface area contributed by atoms with Crippen LogP contribution in [0.25, 0.3) is 10.6 Å². The van der Waals surface area contributed by atoms with Crippen LogP contribution in [0.5, 0.6) is 0 Å². The van der Waals surface area contributed by atoms with Crippen molar-refractivity contribution in [2.75, 3.05) is 12.3 Å². The lowest BCUT2D eigenvalue weighted by Gasteiger charge is -1.98. The van der Waals surface area contributed by atoms with E-state index < -0.39 is 0 Å². The topological polar surface area (TPSA) is 55.1 Å². The van der Waals surface area contributed by atoms with E-state index in [1.165, 1.54) is 11.3 Å². The van der Waals surface area contributed by atoms with Gasteiger partial charge >= 0.3 is 0 Å². The summed E-state index contributed by atoms with van der Waals surface area (Å²) in [5.41, 5.74) is 0.887. The van der Waals surface area contributed by atoms with Crippen LogP contribution in [-0.4, -0.2) is 23.2 Å². The highest BCUT2D eigenvalue weighted by atomic mass is 32.1. The highest BCUT2D eigenvalue weighted by Gasteiger charge is 2.11. The molecule has 0 saturated heterocycles. The number of aromatic nitrogens is 1. The summed E-state index contributed by atoms with van der Waals surface area (Å²) in [7, 11) is 0. The van der Waals surface area contributed by atoms with Crippen LogP contribution in [0.3, 0.4) is 0 Å². The summed E-state index contributed by atoms with van der Waals surface area (Å²) >= 11 is 5.36. The molecule has 2 aromatic heterocycles. The van der Waals surface area contributed by atoms with Crippen LogP contribution in [0.15, 0.2) is 29.2 Å². The molecule has 0 unspecified atom stereocenters. The molecule has 0 spiro atoms. The number of nitrogens with zero attached hydrogens (tertiary/aromatic N) is 1. The molecule has 0 aliphatic heterocycles. The van der Waals surface area contributed by atoms with Crippen molar-refractivity contribution in [3.05, 3.63) is 29.7 Å². The van der Waals surface area contributed by atoms with Crippen molar-refractivity contribution >= 4 is 29.9 Å². The smallest absolute Gasteiger partial charge is 0.263 e. The van der Waals surface area contributed by atoms with E-state index in [4.69, 9.17) is 4.42 Å². The Balaban J connectivity index is 2.11. The zero-order valence-corrected chi connectivity index (χ0v) is 10.1. The molecule has 6 heteroatoms. The normalized spacial score (nSPS) is 10.3. The number of carbonyl (C=O) groups excluding carboxylic acids is 1. The highest BCUT2D eigenvalue weighted by molar-refractivity contribution is 7.80. The first kappa shape index (κ1) is 11.2. The summed E-state index contributed by atoms with van der Waals surface area (Å²) in [6.45, 7) is 0.556. The Morgan fingerprint density at radius 2 is 2.50 bits per heavy atom. The molecule has 84 valence electrons. The van der Waals surface area contributed by atoms with Crippen LogP contribution < -0.4 is 5.32 Å². The number of carbonyl (C=O) groups is 1. The molecule has 0 bridgehead atoms. The molecule has 0 aliphatic carbocycles. The van der Waals surface area contributed by atoms with Crippen LogP contribution in [0.1, 0.15) is 9.67 Å². The van der Waals surface area contributed by atoms with Gasteiger partial charge in [-0.25, -0.2) is 4.98 Å². The molecule has 0 atom stereocenters. The maximum absolute atomic E-state index is 11.6. The number of hydrogen-bond donors (Lipinski definition) is 2. The van der Waals surface area contributed by atoms with Gasteiger partial charge in [-0.2, -0.15) is 12.6 Å². The van der Waals surface area contributed by atoms with Crippen molar-refractivity contribution < 1.29 is 9.21 Å². The summed E-state index contributed by atoms with van der Waals surface area (Å²) in [5.74, 6) is 0.514. The first-order valence-electron chi connectivity index (χ1n) is 4.68. The second kappa shape index (κ2) is 5.18. The molecule has 0 aliphatic rings. The van der Waals surface area contributed by atoms with Gasteiger partial charge in [0.05, 0.1) is 12.5 Å². The molecular formula is C10H10N2O2S2. The number of thiazole rings is 1. The second-order valence-corrected chi connectivity index (χ2v) is 4.50. The molecule has 0 fully saturated rings. The van der Waals surface area contributed by atoms with Crippen LogP contribution in [0.4, 0.5) is 0 Å². The number of thiol groups is 1. The monoisotopic (exact) mass is 254 g/mol. The van der Waals surface area contributed by atoms with E-state index >= 15 is 0 Å². The predicted molar refractivity (Wildman–Crippen MR) is 66.0 cm³/mol. The van der Waals surface area contributed by atoms with Gasteiger partial charge in [-0.05, 0) is 6.07 Å². The average molecular weight is 254 g/mol. The van der Waals surface area contributed by atoms with Crippen molar-refractivity contribution in [1.82, 2.24) is 10.3 Å². The lowest BCUT2D eigenvalue weighted by Crippen LogP contribution is -2.24. The summed E-state index contributed by atoms with van der Waals surface area (Å²) < 4.78 is 4.96. The number of nitrogens with one attached hydrogen (secondary N) is 1. The van der Waals surface area contributed by atoms with Crippen LogP contribution >= 0.6 is 24.0 Å². The largest absolute Gasteiger partial charge is 0.472 e. The van der Waals surface area contributed by atoms with E-state index in [1.54, 1.807) is 18.7 Å².